The fourth-order valence-electron chi connectivity index (χ4n) is 1.11. The van der Waals surface area contributed by atoms with Gasteiger partial charge in [0.15, 0.2) is 0 Å². The first-order valence-electron chi connectivity index (χ1n) is 5.53. The van der Waals surface area contributed by atoms with Crippen molar-refractivity contribution in [2.75, 3.05) is 6.54 Å². The highest BCUT2D eigenvalue weighted by molar-refractivity contribution is 6.04. The lowest BCUT2D eigenvalue weighted by Crippen LogP contribution is -2.40. The summed E-state index contributed by atoms with van der Waals surface area (Å²) in [5.41, 5.74) is -1.01. The third kappa shape index (κ3) is 6.20. The SMILES string of the molecule is CCCNC(=O)NC(=O)CC(C(=O)O)=C(C)C(=O)O. The zero-order chi connectivity index (χ0) is 15.0. The fourth-order valence-corrected chi connectivity index (χ4v) is 1.11. The molecule has 0 spiro atoms. The van der Waals surface area contributed by atoms with Crippen LogP contribution in [0.25, 0.3) is 0 Å². The lowest BCUT2D eigenvalue weighted by molar-refractivity contribution is -0.136. The van der Waals surface area contributed by atoms with Crippen molar-refractivity contribution >= 4 is 23.9 Å². The molecule has 0 heterocycles. The minimum Gasteiger partial charge on any atom is -0.478 e. The number of hydrogen-bond acceptors (Lipinski definition) is 4. The Morgan fingerprint density at radius 1 is 1.05 bits per heavy atom. The molecule has 0 saturated carbocycles. The van der Waals surface area contributed by atoms with E-state index in [0.717, 1.165) is 6.92 Å². The van der Waals surface area contributed by atoms with Crippen LogP contribution in [-0.2, 0) is 14.4 Å². The van der Waals surface area contributed by atoms with E-state index in [1.54, 1.807) is 0 Å². The van der Waals surface area contributed by atoms with Gasteiger partial charge in [0.25, 0.3) is 0 Å². The molecular formula is C11H16N2O6. The second kappa shape index (κ2) is 7.85. The van der Waals surface area contributed by atoms with E-state index in [1.165, 1.54) is 0 Å². The monoisotopic (exact) mass is 272 g/mol. The molecule has 0 aliphatic rings. The van der Waals surface area contributed by atoms with Crippen molar-refractivity contribution in [1.29, 1.82) is 0 Å². The minimum absolute atomic E-state index is 0.370. The summed E-state index contributed by atoms with van der Waals surface area (Å²) in [4.78, 5) is 44.0. The highest BCUT2D eigenvalue weighted by Gasteiger charge is 2.20. The topological polar surface area (TPSA) is 133 Å². The maximum absolute atomic E-state index is 11.4. The van der Waals surface area contributed by atoms with Crippen LogP contribution in [-0.4, -0.2) is 40.6 Å². The average molecular weight is 272 g/mol. The van der Waals surface area contributed by atoms with Crippen LogP contribution >= 0.6 is 0 Å². The van der Waals surface area contributed by atoms with Crippen LogP contribution in [0.2, 0.25) is 0 Å². The van der Waals surface area contributed by atoms with Gasteiger partial charge in [-0.3, -0.25) is 10.1 Å². The fraction of sp³-hybridized carbons (Fsp3) is 0.455. The van der Waals surface area contributed by atoms with Crippen molar-refractivity contribution in [2.24, 2.45) is 0 Å². The average Bonchev–Trinajstić information content (AvgIpc) is 2.32. The Balaban J connectivity index is 4.68. The maximum Gasteiger partial charge on any atom is 0.332 e. The normalized spacial score (nSPS) is 11.3. The van der Waals surface area contributed by atoms with Crippen LogP contribution < -0.4 is 10.6 Å². The molecule has 8 heteroatoms. The molecule has 0 bridgehead atoms. The highest BCUT2D eigenvalue weighted by atomic mass is 16.4. The van der Waals surface area contributed by atoms with E-state index in [4.69, 9.17) is 10.2 Å². The molecule has 0 aromatic heterocycles. The predicted octanol–water partition coefficient (Wildman–Crippen LogP) is 0.0980. The van der Waals surface area contributed by atoms with Crippen LogP contribution in [0.1, 0.15) is 26.7 Å². The summed E-state index contributed by atoms with van der Waals surface area (Å²) < 4.78 is 0. The van der Waals surface area contributed by atoms with Crippen LogP contribution in [0.5, 0.6) is 0 Å². The molecule has 0 saturated heterocycles. The van der Waals surface area contributed by atoms with Gasteiger partial charge in [-0.15, -0.1) is 0 Å². The van der Waals surface area contributed by atoms with E-state index in [-0.39, 0.29) is 0 Å². The van der Waals surface area contributed by atoms with Crippen molar-refractivity contribution < 1.29 is 29.4 Å². The Labute approximate surface area is 109 Å². The van der Waals surface area contributed by atoms with Crippen LogP contribution in [0.15, 0.2) is 11.1 Å². The van der Waals surface area contributed by atoms with Crippen molar-refractivity contribution in [3.63, 3.8) is 0 Å². The summed E-state index contributed by atoms with van der Waals surface area (Å²) in [6.45, 7) is 3.27. The van der Waals surface area contributed by atoms with Gasteiger partial charge in [-0.1, -0.05) is 6.92 Å². The smallest absolute Gasteiger partial charge is 0.332 e. The Morgan fingerprint density at radius 2 is 1.63 bits per heavy atom. The number of carboxylic acid groups (broad SMARTS) is 2. The van der Waals surface area contributed by atoms with Gasteiger partial charge in [0.2, 0.25) is 5.91 Å². The van der Waals surface area contributed by atoms with Gasteiger partial charge in [0, 0.05) is 12.1 Å². The highest BCUT2D eigenvalue weighted by Crippen LogP contribution is 2.09. The minimum atomic E-state index is -1.51. The Bertz CT molecular complexity index is 427. The number of imide groups is 1. The van der Waals surface area contributed by atoms with E-state index in [0.29, 0.717) is 13.0 Å². The molecule has 0 rings (SSSR count). The van der Waals surface area contributed by atoms with Crippen LogP contribution in [0.4, 0.5) is 4.79 Å². The molecule has 0 radical (unpaired) electrons. The van der Waals surface area contributed by atoms with Crippen molar-refractivity contribution in [3.8, 4) is 0 Å². The number of carbonyl (C=O) groups is 4. The van der Waals surface area contributed by atoms with Gasteiger partial charge < -0.3 is 15.5 Å². The third-order valence-corrected chi connectivity index (χ3v) is 2.16. The van der Waals surface area contributed by atoms with E-state index in [2.05, 4.69) is 5.32 Å². The molecule has 19 heavy (non-hydrogen) atoms. The Hall–Kier alpha value is -2.38. The largest absolute Gasteiger partial charge is 0.478 e. The Kier molecular flexibility index (Phi) is 6.87. The summed E-state index contributed by atoms with van der Waals surface area (Å²) in [6.07, 6.45) is -0.00692. The number of carbonyl (C=O) groups excluding carboxylic acids is 2. The number of hydrogen-bond donors (Lipinski definition) is 4. The summed E-state index contributed by atoms with van der Waals surface area (Å²) >= 11 is 0. The molecule has 0 aromatic rings. The van der Waals surface area contributed by atoms with Gasteiger partial charge in [-0.05, 0) is 13.3 Å². The molecule has 0 atom stereocenters. The molecule has 3 amide bonds. The van der Waals surface area contributed by atoms with Crippen LogP contribution in [0, 0.1) is 0 Å². The maximum atomic E-state index is 11.4. The van der Waals surface area contributed by atoms with E-state index >= 15 is 0 Å². The van der Waals surface area contributed by atoms with E-state index in [9.17, 15) is 19.2 Å². The van der Waals surface area contributed by atoms with Gasteiger partial charge in [0.05, 0.1) is 12.0 Å². The predicted molar refractivity (Wildman–Crippen MR) is 64.4 cm³/mol. The van der Waals surface area contributed by atoms with E-state index < -0.39 is 41.4 Å². The second-order valence-electron chi connectivity index (χ2n) is 3.69. The molecule has 0 aliphatic carbocycles. The molecular weight excluding hydrogens is 256 g/mol. The quantitative estimate of drug-likeness (QED) is 0.507. The van der Waals surface area contributed by atoms with Gasteiger partial charge in [-0.25, -0.2) is 14.4 Å². The summed E-state index contributed by atoms with van der Waals surface area (Å²) in [5.74, 6) is -3.82. The van der Waals surface area contributed by atoms with Crippen molar-refractivity contribution in [2.45, 2.75) is 26.7 Å². The van der Waals surface area contributed by atoms with Gasteiger partial charge in [-0.2, -0.15) is 0 Å². The second-order valence-corrected chi connectivity index (χ2v) is 3.69. The summed E-state index contributed by atoms with van der Waals surface area (Å²) in [5, 5.41) is 21.8. The number of urea groups is 1. The molecule has 0 aliphatic heterocycles. The molecule has 0 fully saturated rings. The molecule has 0 aromatic carbocycles. The zero-order valence-corrected chi connectivity index (χ0v) is 10.6. The zero-order valence-electron chi connectivity index (χ0n) is 10.6. The first-order chi connectivity index (χ1) is 8.79. The molecule has 4 N–H and O–H groups in total. The standard InChI is InChI=1S/C11H16N2O6/c1-3-4-12-11(19)13-8(14)5-7(10(17)18)6(2)9(15)16/h3-5H2,1-2H3,(H,15,16)(H,17,18)(H2,12,13,14,19). The van der Waals surface area contributed by atoms with E-state index in [1.807, 2.05) is 12.2 Å². The summed E-state index contributed by atoms with van der Waals surface area (Å²) in [7, 11) is 0. The lowest BCUT2D eigenvalue weighted by atomic mass is 10.1. The first kappa shape index (κ1) is 16.6. The van der Waals surface area contributed by atoms with Crippen LogP contribution in [0.3, 0.4) is 0 Å². The number of aliphatic carboxylic acids is 2. The number of rotatable bonds is 6. The lowest BCUT2D eigenvalue weighted by Gasteiger charge is -2.07. The molecule has 0 unspecified atom stereocenters. The molecule has 106 valence electrons. The Morgan fingerprint density at radius 3 is 2.05 bits per heavy atom. The number of nitrogens with one attached hydrogen (secondary N) is 2. The number of amides is 3. The van der Waals surface area contributed by atoms with Crippen molar-refractivity contribution in [3.05, 3.63) is 11.1 Å². The first-order valence-corrected chi connectivity index (χ1v) is 5.53. The summed E-state index contributed by atoms with van der Waals surface area (Å²) in [6, 6.07) is -0.746. The van der Waals surface area contributed by atoms with Crippen molar-refractivity contribution in [1.82, 2.24) is 10.6 Å². The molecule has 8 nitrogen and oxygen atoms in total. The van der Waals surface area contributed by atoms with Gasteiger partial charge >= 0.3 is 18.0 Å². The third-order valence-electron chi connectivity index (χ3n) is 2.16. The van der Waals surface area contributed by atoms with Gasteiger partial charge in [0.1, 0.15) is 0 Å². The number of carboxylic acids is 2.